The molecule has 0 fully saturated rings. The minimum absolute atomic E-state index is 0.0922. The van der Waals surface area contributed by atoms with Crippen molar-refractivity contribution in [1.29, 1.82) is 0 Å². The second-order valence-electron chi connectivity index (χ2n) is 3.43. The summed E-state index contributed by atoms with van der Waals surface area (Å²) in [5.41, 5.74) is 6.17. The van der Waals surface area contributed by atoms with Crippen molar-refractivity contribution in [2.75, 3.05) is 11.1 Å². The number of hydrogen-bond acceptors (Lipinski definition) is 4. The molecule has 1 heterocycles. The summed E-state index contributed by atoms with van der Waals surface area (Å²) in [5.74, 6) is -0.507. The lowest BCUT2D eigenvalue weighted by Crippen LogP contribution is -2.37. The van der Waals surface area contributed by atoms with E-state index in [2.05, 4.69) is 5.32 Å². The van der Waals surface area contributed by atoms with Gasteiger partial charge in [-0.05, 0) is 25.1 Å². The Morgan fingerprint density at radius 1 is 1.40 bits per heavy atom. The zero-order valence-corrected chi connectivity index (χ0v) is 8.84. The van der Waals surface area contributed by atoms with Gasteiger partial charge in [-0.2, -0.15) is 0 Å². The van der Waals surface area contributed by atoms with Gasteiger partial charge in [-0.1, -0.05) is 0 Å². The van der Waals surface area contributed by atoms with Gasteiger partial charge in [0.05, 0.1) is 10.6 Å². The SMILES string of the molecule is CC1C(=O)Nc2ccc(N)cc2S1(=O)=O. The molecule has 0 spiro atoms. The van der Waals surface area contributed by atoms with Crippen molar-refractivity contribution in [3.05, 3.63) is 18.2 Å². The van der Waals surface area contributed by atoms with E-state index in [-0.39, 0.29) is 4.90 Å². The van der Waals surface area contributed by atoms with Gasteiger partial charge in [0.25, 0.3) is 0 Å². The van der Waals surface area contributed by atoms with E-state index in [1.165, 1.54) is 19.1 Å². The van der Waals surface area contributed by atoms with Crippen molar-refractivity contribution in [3.63, 3.8) is 0 Å². The zero-order chi connectivity index (χ0) is 11.2. The van der Waals surface area contributed by atoms with Crippen LogP contribution < -0.4 is 11.1 Å². The number of amides is 1. The number of anilines is 2. The molecule has 0 radical (unpaired) electrons. The molecule has 1 aliphatic rings. The van der Waals surface area contributed by atoms with Gasteiger partial charge in [0.1, 0.15) is 5.25 Å². The maximum atomic E-state index is 11.9. The predicted molar refractivity (Wildman–Crippen MR) is 56.1 cm³/mol. The number of rotatable bonds is 0. The monoisotopic (exact) mass is 226 g/mol. The summed E-state index contributed by atoms with van der Waals surface area (Å²) in [5, 5.41) is 1.46. The standard InChI is InChI=1S/C9H10N2O3S/c1-5-9(12)11-7-3-2-6(10)4-8(7)15(5,13)14/h2-5H,10H2,1H3,(H,11,12). The number of nitrogens with one attached hydrogen (secondary N) is 1. The van der Waals surface area contributed by atoms with E-state index in [1.807, 2.05) is 0 Å². The number of nitrogens with two attached hydrogens (primary N) is 1. The number of nitrogen functional groups attached to an aromatic ring is 1. The van der Waals surface area contributed by atoms with Crippen LogP contribution in [0.1, 0.15) is 6.92 Å². The summed E-state index contributed by atoms with van der Waals surface area (Å²) in [4.78, 5) is 11.4. The number of carbonyl (C=O) groups excluding carboxylic acids is 1. The first-order chi connectivity index (χ1) is 6.93. The third-order valence-corrected chi connectivity index (χ3v) is 4.50. The summed E-state index contributed by atoms with van der Waals surface area (Å²) in [6, 6.07) is 4.40. The lowest BCUT2D eigenvalue weighted by Gasteiger charge is -2.22. The van der Waals surface area contributed by atoms with Crippen LogP contribution in [-0.4, -0.2) is 19.6 Å². The van der Waals surface area contributed by atoms with Crippen LogP contribution in [0.4, 0.5) is 11.4 Å². The third-order valence-electron chi connectivity index (χ3n) is 2.40. The van der Waals surface area contributed by atoms with Gasteiger partial charge < -0.3 is 11.1 Å². The highest BCUT2D eigenvalue weighted by atomic mass is 32.2. The number of carbonyl (C=O) groups is 1. The lowest BCUT2D eigenvalue weighted by atomic mass is 10.2. The summed E-state index contributed by atoms with van der Waals surface area (Å²) in [6.07, 6.45) is 0. The Labute approximate surface area is 87.2 Å². The van der Waals surface area contributed by atoms with Crippen molar-refractivity contribution < 1.29 is 13.2 Å². The van der Waals surface area contributed by atoms with Crippen LogP contribution in [0.25, 0.3) is 0 Å². The van der Waals surface area contributed by atoms with Crippen LogP contribution in [0.2, 0.25) is 0 Å². The highest BCUT2D eigenvalue weighted by Gasteiger charge is 2.36. The van der Waals surface area contributed by atoms with Crippen molar-refractivity contribution >= 4 is 27.1 Å². The molecule has 1 atom stereocenters. The summed E-state index contributed by atoms with van der Waals surface area (Å²) < 4.78 is 23.7. The van der Waals surface area contributed by atoms with Gasteiger partial charge in [-0.25, -0.2) is 8.42 Å². The molecule has 0 aromatic heterocycles. The highest BCUT2D eigenvalue weighted by molar-refractivity contribution is 7.93. The molecule has 1 unspecified atom stereocenters. The topological polar surface area (TPSA) is 89.3 Å². The summed E-state index contributed by atoms with van der Waals surface area (Å²) >= 11 is 0. The van der Waals surface area contributed by atoms with Crippen LogP contribution >= 0.6 is 0 Å². The van der Waals surface area contributed by atoms with Gasteiger partial charge in [0.15, 0.2) is 9.84 Å². The molecule has 0 saturated carbocycles. The Morgan fingerprint density at radius 3 is 2.73 bits per heavy atom. The maximum Gasteiger partial charge on any atom is 0.242 e. The van der Waals surface area contributed by atoms with Gasteiger partial charge in [0, 0.05) is 5.69 Å². The van der Waals surface area contributed by atoms with Crippen molar-refractivity contribution in [2.24, 2.45) is 0 Å². The smallest absolute Gasteiger partial charge is 0.242 e. The van der Waals surface area contributed by atoms with E-state index in [4.69, 9.17) is 5.73 Å². The Bertz CT molecular complexity index is 536. The first-order valence-electron chi connectivity index (χ1n) is 4.37. The molecule has 1 amide bonds. The second kappa shape index (κ2) is 2.96. The molecule has 1 aliphatic heterocycles. The Kier molecular flexibility index (Phi) is 1.97. The Balaban J connectivity index is 2.73. The molecule has 1 aromatic rings. The molecule has 15 heavy (non-hydrogen) atoms. The Hall–Kier alpha value is -1.56. The van der Waals surface area contributed by atoms with Crippen molar-refractivity contribution in [2.45, 2.75) is 17.1 Å². The normalized spacial score (nSPS) is 23.0. The quantitative estimate of drug-likeness (QED) is 0.626. The second-order valence-corrected chi connectivity index (χ2v) is 5.67. The first-order valence-corrected chi connectivity index (χ1v) is 5.92. The van der Waals surface area contributed by atoms with Crippen LogP contribution in [0.5, 0.6) is 0 Å². The molecule has 3 N–H and O–H groups in total. The first kappa shape index (κ1) is 9.97. The Morgan fingerprint density at radius 2 is 2.07 bits per heavy atom. The van der Waals surface area contributed by atoms with Crippen molar-refractivity contribution in [1.82, 2.24) is 0 Å². The molecule has 6 heteroatoms. The fourth-order valence-corrected chi connectivity index (χ4v) is 2.89. The van der Waals surface area contributed by atoms with E-state index in [0.29, 0.717) is 11.4 Å². The van der Waals surface area contributed by atoms with E-state index < -0.39 is 21.0 Å². The number of sulfone groups is 1. The zero-order valence-electron chi connectivity index (χ0n) is 8.02. The van der Waals surface area contributed by atoms with Gasteiger partial charge in [-0.15, -0.1) is 0 Å². The lowest BCUT2D eigenvalue weighted by molar-refractivity contribution is -0.115. The van der Waals surface area contributed by atoms with E-state index in [1.54, 1.807) is 6.07 Å². The molecule has 0 bridgehead atoms. The largest absolute Gasteiger partial charge is 0.399 e. The average Bonchev–Trinajstić information content (AvgIpc) is 2.17. The fraction of sp³-hybridized carbons (Fsp3) is 0.222. The van der Waals surface area contributed by atoms with Crippen LogP contribution in [-0.2, 0) is 14.6 Å². The number of benzene rings is 1. The summed E-state index contributed by atoms with van der Waals surface area (Å²) in [6.45, 7) is 1.36. The maximum absolute atomic E-state index is 11.9. The molecular formula is C9H10N2O3S. The number of fused-ring (bicyclic) bond motifs is 1. The molecule has 5 nitrogen and oxygen atoms in total. The molecule has 0 saturated heterocycles. The third kappa shape index (κ3) is 1.37. The van der Waals surface area contributed by atoms with Crippen LogP contribution in [0.3, 0.4) is 0 Å². The molecule has 1 aromatic carbocycles. The van der Waals surface area contributed by atoms with E-state index >= 15 is 0 Å². The van der Waals surface area contributed by atoms with Crippen LogP contribution in [0, 0.1) is 0 Å². The average molecular weight is 226 g/mol. The van der Waals surface area contributed by atoms with E-state index in [0.717, 1.165) is 0 Å². The number of hydrogen-bond donors (Lipinski definition) is 2. The molecule has 2 rings (SSSR count). The van der Waals surface area contributed by atoms with Gasteiger partial charge in [0.2, 0.25) is 5.91 Å². The van der Waals surface area contributed by atoms with Gasteiger partial charge >= 0.3 is 0 Å². The highest BCUT2D eigenvalue weighted by Crippen LogP contribution is 2.31. The minimum atomic E-state index is -3.58. The summed E-state index contributed by atoms with van der Waals surface area (Å²) in [7, 11) is -3.58. The molecule has 80 valence electrons. The molecule has 0 aliphatic carbocycles. The van der Waals surface area contributed by atoms with Gasteiger partial charge in [-0.3, -0.25) is 4.79 Å². The fourth-order valence-electron chi connectivity index (χ4n) is 1.44. The minimum Gasteiger partial charge on any atom is -0.399 e. The molecular weight excluding hydrogens is 216 g/mol. The van der Waals surface area contributed by atoms with Crippen molar-refractivity contribution in [3.8, 4) is 0 Å². The predicted octanol–water partition coefficient (Wildman–Crippen LogP) is 0.383. The van der Waals surface area contributed by atoms with Crippen LogP contribution in [0.15, 0.2) is 23.1 Å². The van der Waals surface area contributed by atoms with E-state index in [9.17, 15) is 13.2 Å².